The van der Waals surface area contributed by atoms with E-state index >= 15 is 0 Å². The van der Waals surface area contributed by atoms with Crippen molar-refractivity contribution in [3.63, 3.8) is 0 Å². The van der Waals surface area contributed by atoms with Crippen molar-refractivity contribution in [1.82, 2.24) is 9.29 Å². The molecule has 1 fully saturated rings. The maximum atomic E-state index is 13.0. The van der Waals surface area contributed by atoms with E-state index in [-0.39, 0.29) is 9.92 Å². The first-order chi connectivity index (χ1) is 13.9. The zero-order chi connectivity index (χ0) is 20.6. The van der Waals surface area contributed by atoms with Crippen LogP contribution in [-0.2, 0) is 10.0 Å². The van der Waals surface area contributed by atoms with E-state index in [4.69, 9.17) is 28.2 Å². The summed E-state index contributed by atoms with van der Waals surface area (Å²) < 4.78 is 27.4. The normalized spacial score (nSPS) is 15.6. The Labute approximate surface area is 184 Å². The van der Waals surface area contributed by atoms with Crippen molar-refractivity contribution >= 4 is 49.7 Å². The Balaban J connectivity index is 1.48. The number of halogens is 2. The van der Waals surface area contributed by atoms with Crippen molar-refractivity contribution < 1.29 is 8.42 Å². The number of hydrogen-bond acceptors (Lipinski definition) is 5. The minimum absolute atomic E-state index is 0.0908. The van der Waals surface area contributed by atoms with E-state index in [1.54, 1.807) is 17.4 Å². The lowest BCUT2D eigenvalue weighted by atomic mass is 10.1. The van der Waals surface area contributed by atoms with Crippen LogP contribution in [0, 0.1) is 6.92 Å². The number of hydrogen-bond donors (Lipinski definition) is 0. The smallest absolute Gasteiger partial charge is 0.244 e. The Morgan fingerprint density at radius 2 is 1.76 bits per heavy atom. The van der Waals surface area contributed by atoms with Gasteiger partial charge in [-0.25, -0.2) is 13.4 Å². The van der Waals surface area contributed by atoms with E-state index in [1.165, 1.54) is 22.0 Å². The molecule has 3 aromatic rings. The standard InChI is InChI=1S/C20H19Cl2N3O2S2/c1-14-4-2-3-5-16(14)18-13-28-20(23-18)24-8-10-25(11-9-24)29(26,27)19-7-6-15(21)12-17(19)22/h2-7,12-13H,8-11H2,1H3. The van der Waals surface area contributed by atoms with Crippen molar-refractivity contribution in [3.05, 3.63) is 63.5 Å². The Bertz CT molecular complexity index is 1140. The average molecular weight is 468 g/mol. The van der Waals surface area contributed by atoms with Gasteiger partial charge in [-0.3, -0.25) is 0 Å². The van der Waals surface area contributed by atoms with Crippen LogP contribution in [0.5, 0.6) is 0 Å². The van der Waals surface area contributed by atoms with Gasteiger partial charge in [-0.15, -0.1) is 11.3 Å². The van der Waals surface area contributed by atoms with Gasteiger partial charge in [0.15, 0.2) is 5.13 Å². The van der Waals surface area contributed by atoms with Crippen molar-refractivity contribution in [2.45, 2.75) is 11.8 Å². The highest BCUT2D eigenvalue weighted by Gasteiger charge is 2.31. The highest BCUT2D eigenvalue weighted by Crippen LogP contribution is 2.31. The quantitative estimate of drug-likeness (QED) is 0.545. The van der Waals surface area contributed by atoms with Crippen LogP contribution in [0.4, 0.5) is 5.13 Å². The molecule has 1 aliphatic rings. The van der Waals surface area contributed by atoms with Crippen LogP contribution in [0.25, 0.3) is 11.3 Å². The molecule has 0 saturated carbocycles. The number of aromatic nitrogens is 1. The van der Waals surface area contributed by atoms with E-state index in [2.05, 4.69) is 24.0 Å². The Hall–Kier alpha value is -1.64. The van der Waals surface area contributed by atoms with Crippen LogP contribution in [0.15, 0.2) is 52.7 Å². The molecule has 5 nitrogen and oxygen atoms in total. The average Bonchev–Trinajstić information content (AvgIpc) is 3.18. The Kier molecular flexibility index (Phi) is 5.86. The van der Waals surface area contributed by atoms with Crippen LogP contribution in [-0.4, -0.2) is 43.9 Å². The molecule has 0 radical (unpaired) electrons. The zero-order valence-corrected chi connectivity index (χ0v) is 18.8. The SMILES string of the molecule is Cc1ccccc1-c1csc(N2CCN(S(=O)(=O)c3ccc(Cl)cc3Cl)CC2)n1. The zero-order valence-electron chi connectivity index (χ0n) is 15.7. The number of anilines is 1. The van der Waals surface area contributed by atoms with Gasteiger partial charge in [0.2, 0.25) is 10.0 Å². The van der Waals surface area contributed by atoms with Crippen LogP contribution < -0.4 is 4.90 Å². The van der Waals surface area contributed by atoms with Crippen molar-refractivity contribution in [2.24, 2.45) is 0 Å². The number of sulfonamides is 1. The summed E-state index contributed by atoms with van der Waals surface area (Å²) in [5, 5.41) is 3.51. The topological polar surface area (TPSA) is 53.5 Å². The molecule has 0 unspecified atom stereocenters. The first-order valence-corrected chi connectivity index (χ1v) is 12.2. The van der Waals surface area contributed by atoms with E-state index in [1.807, 2.05) is 17.5 Å². The second-order valence-electron chi connectivity index (χ2n) is 6.80. The van der Waals surface area contributed by atoms with Gasteiger partial charge in [-0.2, -0.15) is 4.31 Å². The predicted molar refractivity (Wildman–Crippen MR) is 120 cm³/mol. The molecule has 2 aromatic carbocycles. The van der Waals surface area contributed by atoms with Crippen molar-refractivity contribution in [2.75, 3.05) is 31.1 Å². The summed E-state index contributed by atoms with van der Waals surface area (Å²) in [5.41, 5.74) is 3.25. The maximum absolute atomic E-state index is 13.0. The number of aryl methyl sites for hydroxylation is 1. The molecule has 0 atom stereocenters. The second-order valence-corrected chi connectivity index (χ2v) is 10.4. The molecule has 152 valence electrons. The molecule has 1 saturated heterocycles. The molecule has 0 bridgehead atoms. The van der Waals surface area contributed by atoms with Gasteiger partial charge in [0, 0.05) is 42.1 Å². The lowest BCUT2D eigenvalue weighted by molar-refractivity contribution is 0.385. The largest absolute Gasteiger partial charge is 0.345 e. The summed E-state index contributed by atoms with van der Waals surface area (Å²) in [5.74, 6) is 0. The fourth-order valence-electron chi connectivity index (χ4n) is 3.34. The molecular formula is C20H19Cl2N3O2S2. The maximum Gasteiger partial charge on any atom is 0.244 e. The van der Waals surface area contributed by atoms with Crippen LogP contribution in [0.3, 0.4) is 0 Å². The van der Waals surface area contributed by atoms with Gasteiger partial charge in [0.05, 0.1) is 10.7 Å². The minimum atomic E-state index is -3.66. The van der Waals surface area contributed by atoms with E-state index < -0.39 is 10.0 Å². The van der Waals surface area contributed by atoms with Gasteiger partial charge in [0.25, 0.3) is 0 Å². The summed E-state index contributed by atoms with van der Waals surface area (Å²) in [6.07, 6.45) is 0. The molecular weight excluding hydrogens is 449 g/mol. The monoisotopic (exact) mass is 467 g/mol. The number of nitrogens with zero attached hydrogens (tertiary/aromatic N) is 3. The first kappa shape index (κ1) is 20.6. The third-order valence-electron chi connectivity index (χ3n) is 4.93. The summed E-state index contributed by atoms with van der Waals surface area (Å²) in [6.45, 7) is 3.97. The number of benzene rings is 2. The highest BCUT2D eigenvalue weighted by atomic mass is 35.5. The molecule has 0 amide bonds. The first-order valence-electron chi connectivity index (χ1n) is 9.08. The molecule has 1 aliphatic heterocycles. The highest BCUT2D eigenvalue weighted by molar-refractivity contribution is 7.89. The van der Waals surface area contributed by atoms with Gasteiger partial charge in [-0.05, 0) is 30.7 Å². The fraction of sp³-hybridized carbons (Fsp3) is 0.250. The number of piperazine rings is 1. The Morgan fingerprint density at radius 3 is 2.45 bits per heavy atom. The van der Waals surface area contributed by atoms with E-state index in [0.29, 0.717) is 31.2 Å². The van der Waals surface area contributed by atoms with Crippen molar-refractivity contribution in [3.8, 4) is 11.3 Å². The molecule has 2 heterocycles. The van der Waals surface area contributed by atoms with E-state index in [0.717, 1.165) is 16.4 Å². The molecule has 0 spiro atoms. The van der Waals surface area contributed by atoms with Gasteiger partial charge >= 0.3 is 0 Å². The van der Waals surface area contributed by atoms with Gasteiger partial charge in [-0.1, -0.05) is 47.5 Å². The second kappa shape index (κ2) is 8.24. The lowest BCUT2D eigenvalue weighted by Crippen LogP contribution is -2.48. The Morgan fingerprint density at radius 1 is 1.03 bits per heavy atom. The van der Waals surface area contributed by atoms with Crippen molar-refractivity contribution in [1.29, 1.82) is 0 Å². The molecule has 0 N–H and O–H groups in total. The molecule has 0 aliphatic carbocycles. The van der Waals surface area contributed by atoms with Crippen LogP contribution in [0.1, 0.15) is 5.56 Å². The number of thiazole rings is 1. The van der Waals surface area contributed by atoms with Crippen LogP contribution in [0.2, 0.25) is 10.0 Å². The summed E-state index contributed by atoms with van der Waals surface area (Å²) in [6, 6.07) is 12.6. The molecule has 4 rings (SSSR count). The molecule has 9 heteroatoms. The molecule has 29 heavy (non-hydrogen) atoms. The van der Waals surface area contributed by atoms with E-state index in [9.17, 15) is 8.42 Å². The van der Waals surface area contributed by atoms with Gasteiger partial charge in [0.1, 0.15) is 4.90 Å². The molecule has 1 aromatic heterocycles. The van der Waals surface area contributed by atoms with Crippen LogP contribution >= 0.6 is 34.5 Å². The minimum Gasteiger partial charge on any atom is -0.345 e. The van der Waals surface area contributed by atoms with Gasteiger partial charge < -0.3 is 4.90 Å². The fourth-order valence-corrected chi connectivity index (χ4v) is 6.38. The summed E-state index contributed by atoms with van der Waals surface area (Å²) >= 11 is 13.6. The lowest BCUT2D eigenvalue weighted by Gasteiger charge is -2.33. The third kappa shape index (κ3) is 4.15. The predicted octanol–water partition coefficient (Wildman–Crippen LogP) is 4.94. The summed E-state index contributed by atoms with van der Waals surface area (Å²) in [7, 11) is -3.66. The third-order valence-corrected chi connectivity index (χ3v) is 8.45. The summed E-state index contributed by atoms with van der Waals surface area (Å²) in [4.78, 5) is 6.99. The number of rotatable bonds is 4.